The largest absolute Gasteiger partial charge is 0.412 e. The van der Waals surface area contributed by atoms with Crippen molar-refractivity contribution in [3.63, 3.8) is 0 Å². The van der Waals surface area contributed by atoms with Crippen molar-refractivity contribution in [1.29, 1.82) is 5.41 Å². The van der Waals surface area contributed by atoms with E-state index in [4.69, 9.17) is 9.96 Å². The van der Waals surface area contributed by atoms with Crippen LogP contribution in [0.25, 0.3) is 0 Å². The Labute approximate surface area is 115 Å². The highest BCUT2D eigenvalue weighted by atomic mass is 32.2. The molecule has 0 fully saturated rings. The third-order valence-corrected chi connectivity index (χ3v) is 3.10. The van der Waals surface area contributed by atoms with Crippen LogP contribution < -0.4 is 0 Å². The molecule has 0 saturated carbocycles. The highest BCUT2D eigenvalue weighted by molar-refractivity contribution is 7.87. The van der Waals surface area contributed by atoms with Gasteiger partial charge in [-0.15, -0.1) is 0 Å². The molecule has 114 valence electrons. The summed E-state index contributed by atoms with van der Waals surface area (Å²) in [5.41, 5.74) is 0. The van der Waals surface area contributed by atoms with Crippen LogP contribution in [-0.4, -0.2) is 42.0 Å². The average Bonchev–Trinajstić information content (AvgIpc) is 2.33. The number of hydrogen-bond acceptors (Lipinski definition) is 8. The Kier molecular flexibility index (Phi) is 7.00. The molecule has 9 nitrogen and oxygen atoms in total. The summed E-state index contributed by atoms with van der Waals surface area (Å²) in [4.78, 5) is 33.2. The average molecular weight is 309 g/mol. The van der Waals surface area contributed by atoms with E-state index in [9.17, 15) is 22.8 Å². The molecule has 0 aliphatic rings. The summed E-state index contributed by atoms with van der Waals surface area (Å²) in [6.07, 6.45) is -1.15. The Balaban J connectivity index is 4.93. The van der Waals surface area contributed by atoms with Gasteiger partial charge < -0.3 is 9.47 Å². The second-order valence-corrected chi connectivity index (χ2v) is 5.20. The van der Waals surface area contributed by atoms with Gasteiger partial charge in [0.15, 0.2) is 11.1 Å². The fourth-order valence-corrected chi connectivity index (χ4v) is 1.63. The van der Waals surface area contributed by atoms with E-state index in [0.717, 1.165) is 0 Å². The van der Waals surface area contributed by atoms with Crippen molar-refractivity contribution in [2.45, 2.75) is 38.4 Å². The zero-order valence-electron chi connectivity index (χ0n) is 10.9. The molecule has 1 atom stereocenters. The Morgan fingerprint density at radius 1 is 1.10 bits per heavy atom. The number of nitrogens with one attached hydrogen (secondary N) is 1. The zero-order valence-corrected chi connectivity index (χ0v) is 11.7. The summed E-state index contributed by atoms with van der Waals surface area (Å²) in [6, 6.07) is 0. The lowest BCUT2D eigenvalue weighted by atomic mass is 10.3. The maximum atomic E-state index is 11.4. The topological polar surface area (TPSA) is 148 Å². The van der Waals surface area contributed by atoms with Gasteiger partial charge in [0, 0.05) is 12.8 Å². The fraction of sp³-hybridized carbons (Fsp3) is 0.600. The lowest BCUT2D eigenvalue weighted by Gasteiger charge is -2.12. The standard InChI is InChI=1S/C10H15NO8S/c1-3-8(12)18-7(11)5-6(20(15,16)17)10(14)19-9(13)4-2/h6,11H,3-5H2,1-2H3,(H,15,16,17). The number of rotatable bonds is 6. The molecule has 20 heavy (non-hydrogen) atoms. The quantitative estimate of drug-likeness (QED) is 0.230. The van der Waals surface area contributed by atoms with Crippen molar-refractivity contribution < 1.29 is 36.8 Å². The van der Waals surface area contributed by atoms with Crippen molar-refractivity contribution in [2.24, 2.45) is 0 Å². The molecule has 1 unspecified atom stereocenters. The van der Waals surface area contributed by atoms with E-state index >= 15 is 0 Å². The monoisotopic (exact) mass is 309 g/mol. The van der Waals surface area contributed by atoms with E-state index in [1.54, 1.807) is 0 Å². The lowest BCUT2D eigenvalue weighted by molar-refractivity contribution is -0.159. The first-order valence-electron chi connectivity index (χ1n) is 5.60. The van der Waals surface area contributed by atoms with Crippen LogP contribution in [0.1, 0.15) is 33.1 Å². The van der Waals surface area contributed by atoms with Gasteiger partial charge in [0.2, 0.25) is 0 Å². The van der Waals surface area contributed by atoms with Crippen LogP contribution in [0.4, 0.5) is 0 Å². The summed E-state index contributed by atoms with van der Waals surface area (Å²) >= 11 is 0. The van der Waals surface area contributed by atoms with Crippen molar-refractivity contribution in [1.82, 2.24) is 0 Å². The van der Waals surface area contributed by atoms with E-state index in [-0.39, 0.29) is 12.8 Å². The first-order valence-corrected chi connectivity index (χ1v) is 7.11. The Morgan fingerprint density at radius 3 is 1.95 bits per heavy atom. The zero-order chi connectivity index (χ0) is 15.9. The lowest BCUT2D eigenvalue weighted by Crippen LogP contribution is -2.35. The van der Waals surface area contributed by atoms with E-state index in [1.807, 2.05) is 0 Å². The summed E-state index contributed by atoms with van der Waals surface area (Å²) in [5.74, 6) is -4.15. The second kappa shape index (κ2) is 7.70. The van der Waals surface area contributed by atoms with Crippen LogP contribution in [0.3, 0.4) is 0 Å². The summed E-state index contributed by atoms with van der Waals surface area (Å²) in [5, 5.41) is 5.04. The van der Waals surface area contributed by atoms with E-state index in [0.29, 0.717) is 0 Å². The molecule has 0 aromatic rings. The molecule has 10 heteroatoms. The molecule has 0 radical (unpaired) electrons. The third kappa shape index (κ3) is 6.38. The van der Waals surface area contributed by atoms with Gasteiger partial charge in [0.05, 0.1) is 6.42 Å². The SMILES string of the molecule is CCC(=O)OC(=N)CC(C(=O)OC(=O)CC)S(=O)(=O)O. The molecule has 0 heterocycles. The smallest absolute Gasteiger partial charge is 0.335 e. The number of ether oxygens (including phenoxy) is 2. The molecule has 0 aromatic carbocycles. The number of hydrogen-bond donors (Lipinski definition) is 2. The predicted molar refractivity (Wildman–Crippen MR) is 65.5 cm³/mol. The van der Waals surface area contributed by atoms with Crippen molar-refractivity contribution in [3.05, 3.63) is 0 Å². The van der Waals surface area contributed by atoms with E-state index < -0.39 is 45.6 Å². The molecule has 2 N–H and O–H groups in total. The molecular formula is C10H15NO8S. The minimum atomic E-state index is -4.91. The molecule has 0 spiro atoms. The molecule has 0 rings (SSSR count). The van der Waals surface area contributed by atoms with Crippen molar-refractivity contribution in [3.8, 4) is 0 Å². The number of carbonyl (C=O) groups excluding carboxylic acids is 3. The third-order valence-electron chi connectivity index (χ3n) is 2.02. The molecule has 0 aromatic heterocycles. The number of esters is 3. The summed E-state index contributed by atoms with van der Waals surface area (Å²) in [7, 11) is -4.91. The molecule has 0 bridgehead atoms. The second-order valence-electron chi connectivity index (χ2n) is 3.61. The van der Waals surface area contributed by atoms with Gasteiger partial charge in [-0.2, -0.15) is 8.42 Å². The van der Waals surface area contributed by atoms with Crippen molar-refractivity contribution >= 4 is 33.9 Å². The van der Waals surface area contributed by atoms with Crippen LogP contribution in [0.15, 0.2) is 0 Å². The van der Waals surface area contributed by atoms with Gasteiger partial charge in [-0.25, -0.2) is 0 Å². The Morgan fingerprint density at radius 2 is 1.55 bits per heavy atom. The minimum absolute atomic E-state index is 0.0578. The van der Waals surface area contributed by atoms with Crippen LogP contribution in [0.5, 0.6) is 0 Å². The summed E-state index contributed by atoms with van der Waals surface area (Å²) in [6.45, 7) is 2.83. The molecule has 0 amide bonds. The van der Waals surface area contributed by atoms with Gasteiger partial charge in [-0.1, -0.05) is 13.8 Å². The maximum absolute atomic E-state index is 11.4. The van der Waals surface area contributed by atoms with E-state index in [2.05, 4.69) is 9.47 Å². The molecule has 0 aliphatic heterocycles. The normalized spacial score (nSPS) is 12.3. The Hall–Kier alpha value is -1.81. The predicted octanol–water partition coefficient (Wildman–Crippen LogP) is 0.0432. The van der Waals surface area contributed by atoms with Gasteiger partial charge in [0.25, 0.3) is 10.1 Å². The minimum Gasteiger partial charge on any atom is -0.412 e. The van der Waals surface area contributed by atoms with Crippen molar-refractivity contribution in [2.75, 3.05) is 0 Å². The van der Waals surface area contributed by atoms with Crippen LogP contribution in [0.2, 0.25) is 0 Å². The first kappa shape index (κ1) is 18.2. The highest BCUT2D eigenvalue weighted by Crippen LogP contribution is 2.10. The van der Waals surface area contributed by atoms with Crippen LogP contribution in [-0.2, 0) is 34.0 Å². The van der Waals surface area contributed by atoms with Crippen LogP contribution in [0, 0.1) is 5.41 Å². The van der Waals surface area contributed by atoms with Gasteiger partial charge >= 0.3 is 17.9 Å². The van der Waals surface area contributed by atoms with Gasteiger partial charge in [-0.05, 0) is 0 Å². The maximum Gasteiger partial charge on any atom is 0.335 e. The first-order chi connectivity index (χ1) is 9.11. The molecule has 0 saturated heterocycles. The van der Waals surface area contributed by atoms with Gasteiger partial charge in [-0.3, -0.25) is 24.3 Å². The number of carbonyl (C=O) groups is 3. The fourth-order valence-electron chi connectivity index (χ4n) is 0.980. The molecule has 0 aliphatic carbocycles. The van der Waals surface area contributed by atoms with E-state index in [1.165, 1.54) is 13.8 Å². The van der Waals surface area contributed by atoms with Gasteiger partial charge in [0.1, 0.15) is 0 Å². The highest BCUT2D eigenvalue weighted by Gasteiger charge is 2.36. The Bertz CT molecular complexity index is 509. The van der Waals surface area contributed by atoms with Crippen LogP contribution >= 0.6 is 0 Å². The summed E-state index contributed by atoms with van der Waals surface area (Å²) < 4.78 is 39.5. The molecular weight excluding hydrogens is 294 g/mol.